The van der Waals surface area contributed by atoms with Gasteiger partial charge < -0.3 is 5.32 Å². The van der Waals surface area contributed by atoms with Crippen LogP contribution in [-0.2, 0) is 15.7 Å². The Balaban J connectivity index is 1.87. The van der Waals surface area contributed by atoms with Crippen LogP contribution in [-0.4, -0.2) is 30.8 Å². The van der Waals surface area contributed by atoms with Crippen LogP contribution >= 0.6 is 27.3 Å². The molecular weight excluding hydrogens is 436 g/mol. The summed E-state index contributed by atoms with van der Waals surface area (Å²) in [7, 11) is -2.83. The fourth-order valence-corrected chi connectivity index (χ4v) is 3.44. The van der Waals surface area contributed by atoms with Gasteiger partial charge >= 0.3 is 5.00 Å². The average Bonchev–Trinajstić information content (AvgIpc) is 3.01. The standard InChI is InChI=1S/C13H13BrN4O5S2/c14-9-3-5-10(6-4-9)17(25(22)23)7-1-2-11(19)16-13-15-8-12(24-13)18(20)21/h3-6,8,25H,1-2,7H2,(H,15,16,19). The number of anilines is 2. The summed E-state index contributed by atoms with van der Waals surface area (Å²) in [5.41, 5.74) is 0.510. The highest BCUT2D eigenvalue weighted by molar-refractivity contribution is 9.10. The molecule has 25 heavy (non-hydrogen) atoms. The first-order valence-electron chi connectivity index (χ1n) is 6.94. The van der Waals surface area contributed by atoms with E-state index in [0.717, 1.165) is 22.0 Å². The van der Waals surface area contributed by atoms with Gasteiger partial charge in [-0.25, -0.2) is 13.4 Å². The Morgan fingerprint density at radius 3 is 2.60 bits per heavy atom. The van der Waals surface area contributed by atoms with Gasteiger partial charge in [-0.2, -0.15) is 0 Å². The smallest absolute Gasteiger partial charge is 0.302 e. The molecule has 134 valence electrons. The van der Waals surface area contributed by atoms with Gasteiger partial charge in [0.25, 0.3) is 0 Å². The number of carbonyl (C=O) groups is 1. The predicted octanol–water partition coefficient (Wildman–Crippen LogP) is 2.57. The van der Waals surface area contributed by atoms with Gasteiger partial charge in [-0.05, 0) is 42.0 Å². The van der Waals surface area contributed by atoms with E-state index in [-0.39, 0.29) is 29.0 Å². The average molecular weight is 449 g/mol. The van der Waals surface area contributed by atoms with E-state index >= 15 is 0 Å². The van der Waals surface area contributed by atoms with Crippen LogP contribution in [0.15, 0.2) is 34.9 Å². The van der Waals surface area contributed by atoms with Crippen LogP contribution in [0, 0.1) is 10.1 Å². The van der Waals surface area contributed by atoms with E-state index in [1.165, 1.54) is 4.31 Å². The maximum Gasteiger partial charge on any atom is 0.345 e. The van der Waals surface area contributed by atoms with Gasteiger partial charge in [-0.1, -0.05) is 15.9 Å². The SMILES string of the molecule is O=C(CCCN(c1ccc(Br)cc1)[SH](=O)=O)Nc1ncc([N+](=O)[O-])s1. The number of hydrogen-bond acceptors (Lipinski definition) is 7. The molecule has 0 saturated heterocycles. The van der Waals surface area contributed by atoms with Crippen molar-refractivity contribution in [2.45, 2.75) is 12.8 Å². The Labute approximate surface area is 157 Å². The van der Waals surface area contributed by atoms with Crippen molar-refractivity contribution in [3.8, 4) is 0 Å². The molecule has 0 aliphatic rings. The highest BCUT2D eigenvalue weighted by Gasteiger charge is 2.14. The van der Waals surface area contributed by atoms with E-state index in [2.05, 4.69) is 26.2 Å². The summed E-state index contributed by atoms with van der Waals surface area (Å²) in [5.74, 6) is -0.388. The Morgan fingerprint density at radius 1 is 1.36 bits per heavy atom. The zero-order chi connectivity index (χ0) is 18.4. The quantitative estimate of drug-likeness (QED) is 0.363. The predicted molar refractivity (Wildman–Crippen MR) is 98.4 cm³/mol. The van der Waals surface area contributed by atoms with Crippen molar-refractivity contribution < 1.29 is 18.1 Å². The number of halogens is 1. The van der Waals surface area contributed by atoms with Gasteiger partial charge in [-0.15, -0.1) is 0 Å². The van der Waals surface area contributed by atoms with Crippen LogP contribution in [0.25, 0.3) is 0 Å². The number of nitro groups is 1. The Hall–Kier alpha value is -2.05. The van der Waals surface area contributed by atoms with Gasteiger partial charge in [0.1, 0.15) is 6.20 Å². The second-order valence-electron chi connectivity index (χ2n) is 4.75. The van der Waals surface area contributed by atoms with E-state index < -0.39 is 15.8 Å². The minimum atomic E-state index is -2.83. The maximum atomic E-state index is 11.8. The molecule has 0 saturated carbocycles. The first kappa shape index (κ1) is 19.3. The van der Waals surface area contributed by atoms with E-state index in [4.69, 9.17) is 0 Å². The van der Waals surface area contributed by atoms with Crippen LogP contribution in [0.5, 0.6) is 0 Å². The van der Waals surface area contributed by atoms with E-state index in [9.17, 15) is 23.3 Å². The molecule has 1 aromatic carbocycles. The second-order valence-corrected chi connectivity index (χ2v) is 7.63. The molecule has 0 radical (unpaired) electrons. The van der Waals surface area contributed by atoms with Crippen LogP contribution in [0.4, 0.5) is 15.8 Å². The lowest BCUT2D eigenvalue weighted by atomic mass is 10.2. The number of carbonyl (C=O) groups excluding carboxylic acids is 1. The summed E-state index contributed by atoms with van der Waals surface area (Å²) in [6, 6.07) is 6.76. The van der Waals surface area contributed by atoms with Crippen molar-refractivity contribution in [1.82, 2.24) is 4.98 Å². The van der Waals surface area contributed by atoms with Gasteiger partial charge in [0.15, 0.2) is 5.13 Å². The molecule has 1 heterocycles. The van der Waals surface area contributed by atoms with Crippen LogP contribution in [0.2, 0.25) is 0 Å². The fourth-order valence-electron chi connectivity index (χ4n) is 1.90. The molecule has 2 rings (SSSR count). The molecule has 1 N–H and O–H groups in total. The molecule has 0 fully saturated rings. The van der Waals surface area contributed by atoms with Crippen molar-refractivity contribution in [3.63, 3.8) is 0 Å². The summed E-state index contributed by atoms with van der Waals surface area (Å²) in [5, 5.41) is 13.0. The summed E-state index contributed by atoms with van der Waals surface area (Å²) in [4.78, 5) is 25.5. The number of aromatic nitrogens is 1. The molecule has 0 unspecified atom stereocenters. The number of nitrogens with one attached hydrogen (secondary N) is 1. The third-order valence-corrected chi connectivity index (χ3v) is 5.23. The number of thiol groups is 1. The number of rotatable bonds is 8. The third-order valence-electron chi connectivity index (χ3n) is 3.02. The molecule has 1 amide bonds. The molecule has 1 aromatic heterocycles. The highest BCUT2D eigenvalue weighted by atomic mass is 79.9. The summed E-state index contributed by atoms with van der Waals surface area (Å²) >= 11 is 4.03. The minimum Gasteiger partial charge on any atom is -0.302 e. The van der Waals surface area contributed by atoms with Crippen LogP contribution in [0.1, 0.15) is 12.8 Å². The first-order chi connectivity index (χ1) is 11.9. The second kappa shape index (κ2) is 8.87. The first-order valence-corrected chi connectivity index (χ1v) is 9.68. The van der Waals surface area contributed by atoms with Crippen molar-refractivity contribution in [3.05, 3.63) is 45.0 Å². The van der Waals surface area contributed by atoms with Crippen LogP contribution < -0.4 is 9.62 Å². The third kappa shape index (κ3) is 5.76. The molecule has 2 aromatic rings. The normalized spacial score (nSPS) is 10.6. The summed E-state index contributed by atoms with van der Waals surface area (Å²) in [6.45, 7) is 0.145. The topological polar surface area (TPSA) is 123 Å². The lowest BCUT2D eigenvalue weighted by Gasteiger charge is -2.17. The molecule has 0 spiro atoms. The van der Waals surface area contributed by atoms with Crippen LogP contribution in [0.3, 0.4) is 0 Å². The maximum absolute atomic E-state index is 11.8. The molecular formula is C13H13BrN4O5S2. The summed E-state index contributed by atoms with van der Waals surface area (Å²) < 4.78 is 24.8. The summed E-state index contributed by atoms with van der Waals surface area (Å²) in [6.07, 6.45) is 1.42. The molecule has 9 nitrogen and oxygen atoms in total. The fraction of sp³-hybridized carbons (Fsp3) is 0.231. The Morgan fingerprint density at radius 2 is 2.04 bits per heavy atom. The monoisotopic (exact) mass is 448 g/mol. The van der Waals surface area contributed by atoms with Crippen molar-refractivity contribution in [1.29, 1.82) is 0 Å². The van der Waals surface area contributed by atoms with E-state index in [1.807, 2.05) is 0 Å². The largest absolute Gasteiger partial charge is 0.345 e. The van der Waals surface area contributed by atoms with Crippen molar-refractivity contribution >= 4 is 59.9 Å². The molecule has 0 bridgehead atoms. The molecule has 0 aliphatic carbocycles. The zero-order valence-electron chi connectivity index (χ0n) is 12.6. The number of benzene rings is 1. The zero-order valence-corrected chi connectivity index (χ0v) is 15.9. The molecule has 0 atom stereocenters. The van der Waals surface area contributed by atoms with Gasteiger partial charge in [0.2, 0.25) is 16.8 Å². The van der Waals surface area contributed by atoms with Crippen molar-refractivity contribution in [2.24, 2.45) is 0 Å². The molecule has 0 aliphatic heterocycles. The number of thiazole rings is 1. The number of amides is 1. The lowest BCUT2D eigenvalue weighted by molar-refractivity contribution is -0.380. The van der Waals surface area contributed by atoms with E-state index in [0.29, 0.717) is 12.1 Å². The minimum absolute atomic E-state index is 0.0591. The van der Waals surface area contributed by atoms with Gasteiger partial charge in [0.05, 0.1) is 10.6 Å². The number of hydrogen-bond donors (Lipinski definition) is 2. The van der Waals surface area contributed by atoms with E-state index in [1.54, 1.807) is 24.3 Å². The van der Waals surface area contributed by atoms with Crippen molar-refractivity contribution in [2.75, 3.05) is 16.2 Å². The highest BCUT2D eigenvalue weighted by Crippen LogP contribution is 2.25. The lowest BCUT2D eigenvalue weighted by Crippen LogP contribution is -2.23. The van der Waals surface area contributed by atoms with Gasteiger partial charge in [-0.3, -0.25) is 19.2 Å². The Kier molecular flexibility index (Phi) is 6.84. The van der Waals surface area contributed by atoms with Gasteiger partial charge in [0, 0.05) is 17.4 Å². The molecule has 12 heteroatoms. The Bertz CT molecular complexity index is 829. The number of nitrogens with zero attached hydrogens (tertiary/aromatic N) is 3.